The molecule has 0 spiro atoms. The summed E-state index contributed by atoms with van der Waals surface area (Å²) in [7, 11) is 0. The molecule has 41 heavy (non-hydrogen) atoms. The fourth-order valence-corrected chi connectivity index (χ4v) is 18.9. The van der Waals surface area contributed by atoms with Gasteiger partial charge in [0.1, 0.15) is 0 Å². The highest BCUT2D eigenvalue weighted by Gasteiger charge is 2.98. The van der Waals surface area contributed by atoms with Crippen LogP contribution in [0.3, 0.4) is 0 Å². The molecule has 0 saturated heterocycles. The number of hydrogen-bond acceptors (Lipinski definition) is 0. The van der Waals surface area contributed by atoms with Gasteiger partial charge >= 0.3 is 0 Å². The van der Waals surface area contributed by atoms with Gasteiger partial charge in [0.05, 0.1) is 0 Å². The standard InChI is InChI=1S/C41H68/c1-29(2)23-24(37(16)22-21-36(23,15)33(37,9)10)30(3,4)26-25(29)38(17)27-28(39(26,18)34(38,11)12)41(20)32(7,8)31(5,6)40(27,19)35(41,13)14/h21-28H,1-20H3. The lowest BCUT2D eigenvalue weighted by atomic mass is 9.31. The Bertz CT molecular complexity index is 1220. The molecule has 12 atom stereocenters. The maximum absolute atomic E-state index is 2.88. The molecular formula is C41H68. The van der Waals surface area contributed by atoms with Crippen molar-refractivity contribution < 1.29 is 0 Å². The van der Waals surface area contributed by atoms with Gasteiger partial charge in [-0.25, -0.2) is 0 Å². The van der Waals surface area contributed by atoms with Crippen molar-refractivity contribution >= 4 is 0 Å². The van der Waals surface area contributed by atoms with Crippen LogP contribution < -0.4 is 0 Å². The van der Waals surface area contributed by atoms with Crippen molar-refractivity contribution in [1.82, 2.24) is 0 Å². The van der Waals surface area contributed by atoms with Gasteiger partial charge in [0.15, 0.2) is 0 Å². The molecule has 0 aromatic rings. The second-order valence-electron chi connectivity index (χ2n) is 22.5. The fraction of sp³-hybridized carbons (Fsp3) is 0.951. The summed E-state index contributed by atoms with van der Waals surface area (Å²) in [5.74, 6) is 4.37. The van der Waals surface area contributed by atoms with E-state index in [0.717, 1.165) is 23.7 Å². The van der Waals surface area contributed by atoms with Crippen LogP contribution >= 0.6 is 0 Å². The van der Waals surface area contributed by atoms with Gasteiger partial charge in [-0.2, -0.15) is 0 Å². The van der Waals surface area contributed by atoms with Crippen molar-refractivity contribution in [1.29, 1.82) is 0 Å². The molecule has 6 fully saturated rings. The molecule has 0 nitrogen and oxygen atoms in total. The first-order chi connectivity index (χ1) is 17.9. The summed E-state index contributed by atoms with van der Waals surface area (Å²) in [4.78, 5) is 0. The third kappa shape index (κ3) is 1.92. The van der Waals surface area contributed by atoms with Crippen LogP contribution in [0.4, 0.5) is 0 Å². The van der Waals surface area contributed by atoms with Crippen molar-refractivity contribution in [2.45, 2.75) is 138 Å². The Morgan fingerprint density at radius 1 is 0.293 bits per heavy atom. The third-order valence-corrected chi connectivity index (χ3v) is 22.2. The minimum atomic E-state index is 0.242. The van der Waals surface area contributed by atoms with Crippen molar-refractivity contribution in [3.8, 4) is 0 Å². The number of rotatable bonds is 0. The van der Waals surface area contributed by atoms with Gasteiger partial charge in [-0.3, -0.25) is 0 Å². The topological polar surface area (TPSA) is 0 Å². The quantitative estimate of drug-likeness (QED) is 0.204. The zero-order valence-electron chi connectivity index (χ0n) is 31.1. The molecular weight excluding hydrogens is 492 g/mol. The molecule has 232 valence electrons. The van der Waals surface area contributed by atoms with Gasteiger partial charge in [0.25, 0.3) is 0 Å². The zero-order valence-corrected chi connectivity index (χ0v) is 31.1. The van der Waals surface area contributed by atoms with Crippen LogP contribution in [0.5, 0.6) is 0 Å². The summed E-state index contributed by atoms with van der Waals surface area (Å²) in [6.45, 7) is 54.9. The highest BCUT2D eigenvalue weighted by Crippen LogP contribution is 3.02. The Morgan fingerprint density at radius 3 is 0.878 bits per heavy atom. The largest absolute Gasteiger partial charge is 0.0811 e. The molecule has 0 radical (unpaired) electrons. The minimum Gasteiger partial charge on any atom is -0.0811 e. The number of hydrogen-bond donors (Lipinski definition) is 0. The molecule has 7 aliphatic carbocycles. The molecule has 7 rings (SSSR count). The normalized spacial score (nSPS) is 62.5. The molecule has 7 aliphatic rings. The maximum Gasteiger partial charge on any atom is -0.00503 e. The average Bonchev–Trinajstić information content (AvgIpc) is 3.29. The molecule has 0 N–H and O–H groups in total. The summed E-state index contributed by atoms with van der Waals surface area (Å²) in [6.07, 6.45) is 5.43. The van der Waals surface area contributed by atoms with Gasteiger partial charge in [-0.1, -0.05) is 151 Å². The minimum absolute atomic E-state index is 0.242. The molecule has 6 saturated carbocycles. The monoisotopic (exact) mass is 561 g/mol. The van der Waals surface area contributed by atoms with E-state index in [2.05, 4.69) is 151 Å². The van der Waals surface area contributed by atoms with Crippen molar-refractivity contribution in [2.75, 3.05) is 0 Å². The van der Waals surface area contributed by atoms with Gasteiger partial charge in [0, 0.05) is 0 Å². The van der Waals surface area contributed by atoms with Crippen LogP contribution in [0, 0.1) is 106 Å². The van der Waals surface area contributed by atoms with Crippen LogP contribution in [-0.2, 0) is 0 Å². The van der Waals surface area contributed by atoms with Crippen LogP contribution in [-0.4, -0.2) is 0 Å². The van der Waals surface area contributed by atoms with E-state index >= 15 is 0 Å². The van der Waals surface area contributed by atoms with Crippen molar-refractivity contribution in [3.63, 3.8) is 0 Å². The third-order valence-electron chi connectivity index (χ3n) is 22.2. The first-order valence-electron chi connectivity index (χ1n) is 17.6. The van der Waals surface area contributed by atoms with Crippen LogP contribution in [0.1, 0.15) is 138 Å². The summed E-state index contributed by atoms with van der Waals surface area (Å²) in [6, 6.07) is 0. The second kappa shape index (κ2) is 6.24. The molecule has 0 amide bonds. The summed E-state index contributed by atoms with van der Waals surface area (Å²) >= 11 is 0. The van der Waals surface area contributed by atoms with E-state index in [0.29, 0.717) is 11.8 Å². The molecule has 0 aliphatic heterocycles. The predicted octanol–water partition coefficient (Wildman–Crippen LogP) is 11.6. The lowest BCUT2D eigenvalue weighted by Crippen LogP contribution is -2.69. The van der Waals surface area contributed by atoms with E-state index < -0.39 is 0 Å². The summed E-state index contributed by atoms with van der Waals surface area (Å²) in [5.41, 5.74) is 3.52. The number of allylic oxidation sites excluding steroid dienone is 2. The Labute approximate surface area is 256 Å². The fourth-order valence-electron chi connectivity index (χ4n) is 18.9. The Morgan fingerprint density at radius 2 is 0.585 bits per heavy atom. The average molecular weight is 561 g/mol. The predicted molar refractivity (Wildman–Crippen MR) is 175 cm³/mol. The number of fused-ring (bicyclic) bond motifs is 17. The van der Waals surface area contributed by atoms with E-state index in [-0.39, 0.29) is 70.4 Å². The smallest absolute Gasteiger partial charge is 0.00503 e. The molecule has 6 bridgehead atoms. The van der Waals surface area contributed by atoms with Gasteiger partial charge < -0.3 is 0 Å². The highest BCUT2D eigenvalue weighted by molar-refractivity contribution is 5.46. The van der Waals surface area contributed by atoms with E-state index in [9.17, 15) is 0 Å². The first kappa shape index (κ1) is 29.5. The van der Waals surface area contributed by atoms with Crippen LogP contribution in [0.15, 0.2) is 12.2 Å². The SMILES string of the molecule is CC1(C)C2C(C(C)(C)C3C1C1(C)C4C(C3(C)C1(C)C)C1(C)C(C)(C)C(C)(C)C4(C)C1(C)C)C1(C)C=CC2(C)C1(C)C. The summed E-state index contributed by atoms with van der Waals surface area (Å²) in [5, 5.41) is 0. The second-order valence-corrected chi connectivity index (χ2v) is 22.5. The highest BCUT2D eigenvalue weighted by atomic mass is 15.0. The Balaban J connectivity index is 1.59. The zero-order chi connectivity index (χ0) is 31.4. The molecule has 0 heterocycles. The van der Waals surface area contributed by atoms with Gasteiger partial charge in [-0.15, -0.1) is 0 Å². The lowest BCUT2D eigenvalue weighted by Gasteiger charge is -2.73. The lowest BCUT2D eigenvalue weighted by molar-refractivity contribution is -0.257. The van der Waals surface area contributed by atoms with Crippen molar-refractivity contribution in [2.24, 2.45) is 106 Å². The molecule has 12 unspecified atom stereocenters. The van der Waals surface area contributed by atoms with Gasteiger partial charge in [-0.05, 0) is 106 Å². The van der Waals surface area contributed by atoms with E-state index in [4.69, 9.17) is 0 Å². The first-order valence-corrected chi connectivity index (χ1v) is 17.6. The van der Waals surface area contributed by atoms with Crippen LogP contribution in [0.25, 0.3) is 0 Å². The van der Waals surface area contributed by atoms with Crippen LogP contribution in [0.2, 0.25) is 0 Å². The van der Waals surface area contributed by atoms with E-state index in [1.165, 1.54) is 0 Å². The summed E-state index contributed by atoms with van der Waals surface area (Å²) < 4.78 is 0. The van der Waals surface area contributed by atoms with E-state index in [1.807, 2.05) is 0 Å². The van der Waals surface area contributed by atoms with Crippen molar-refractivity contribution in [3.05, 3.63) is 12.2 Å². The maximum atomic E-state index is 2.88. The Kier molecular flexibility index (Phi) is 4.48. The molecule has 0 aromatic carbocycles. The molecule has 0 heteroatoms. The van der Waals surface area contributed by atoms with E-state index in [1.54, 1.807) is 0 Å². The Hall–Kier alpha value is -0.260. The molecule has 0 aromatic heterocycles. The van der Waals surface area contributed by atoms with Gasteiger partial charge in [0.2, 0.25) is 0 Å².